The lowest BCUT2D eigenvalue weighted by atomic mass is 9.92. The topological polar surface area (TPSA) is 57.5 Å². The summed E-state index contributed by atoms with van der Waals surface area (Å²) in [6.07, 6.45) is 0.357. The highest BCUT2D eigenvalue weighted by molar-refractivity contribution is 6.30. The summed E-state index contributed by atoms with van der Waals surface area (Å²) in [6, 6.07) is 13.4. The zero-order valence-corrected chi connectivity index (χ0v) is 10.8. The van der Waals surface area contributed by atoms with Crippen molar-refractivity contribution in [3.05, 3.63) is 64.7 Å². The summed E-state index contributed by atoms with van der Waals surface area (Å²) >= 11 is 5.89. The Kier molecular flexibility index (Phi) is 4.07. The lowest BCUT2D eigenvalue weighted by Crippen LogP contribution is -2.14. The Balaban J connectivity index is 2.26. The van der Waals surface area contributed by atoms with Crippen molar-refractivity contribution in [1.29, 1.82) is 0 Å². The molecule has 0 aromatic heterocycles. The van der Waals surface area contributed by atoms with Crippen LogP contribution in [0.3, 0.4) is 0 Å². The van der Waals surface area contributed by atoms with Gasteiger partial charge >= 0.3 is 5.97 Å². The van der Waals surface area contributed by atoms with E-state index in [0.717, 1.165) is 5.56 Å². The molecule has 0 saturated heterocycles. The van der Waals surface area contributed by atoms with E-state index >= 15 is 0 Å². The number of carboxylic acids is 1. The van der Waals surface area contributed by atoms with E-state index in [0.29, 0.717) is 17.0 Å². The van der Waals surface area contributed by atoms with Crippen molar-refractivity contribution in [2.45, 2.75) is 12.3 Å². The molecule has 19 heavy (non-hydrogen) atoms. The first-order valence-electron chi connectivity index (χ1n) is 5.82. The number of aromatic hydroxyl groups is 1. The van der Waals surface area contributed by atoms with Gasteiger partial charge in [0, 0.05) is 5.02 Å². The van der Waals surface area contributed by atoms with E-state index in [1.807, 2.05) is 0 Å². The number of hydrogen-bond donors (Lipinski definition) is 2. The molecule has 0 radical (unpaired) electrons. The second-order valence-corrected chi connectivity index (χ2v) is 4.75. The van der Waals surface area contributed by atoms with E-state index in [-0.39, 0.29) is 5.75 Å². The van der Waals surface area contributed by atoms with Crippen molar-refractivity contribution < 1.29 is 15.0 Å². The number of hydrogen-bond acceptors (Lipinski definition) is 2. The summed E-state index contributed by atoms with van der Waals surface area (Å²) in [5, 5.41) is 19.1. The molecular formula is C15H13ClO3. The predicted octanol–water partition coefficient (Wildman–Crippen LogP) is 3.46. The number of rotatable bonds is 4. The summed E-state index contributed by atoms with van der Waals surface area (Å²) in [5.41, 5.74) is 1.53. The standard InChI is InChI=1S/C15H13ClO3/c16-12-3-1-2-11(9-12)14(15(18)19)8-10-4-6-13(17)7-5-10/h1-7,9,14,17H,8H2,(H,18,19). The molecule has 1 unspecified atom stereocenters. The van der Waals surface area contributed by atoms with Gasteiger partial charge in [0.15, 0.2) is 0 Å². The Bertz CT molecular complexity index is 578. The number of phenols is 1. The molecule has 0 aliphatic rings. The maximum absolute atomic E-state index is 11.4. The molecule has 0 heterocycles. The van der Waals surface area contributed by atoms with Crippen LogP contribution in [0.5, 0.6) is 5.75 Å². The van der Waals surface area contributed by atoms with Crippen LogP contribution in [0.15, 0.2) is 48.5 Å². The minimum absolute atomic E-state index is 0.165. The average Bonchev–Trinajstić information content (AvgIpc) is 2.37. The van der Waals surface area contributed by atoms with Crippen LogP contribution in [0.1, 0.15) is 17.0 Å². The second kappa shape index (κ2) is 5.76. The van der Waals surface area contributed by atoms with Crippen molar-refractivity contribution >= 4 is 17.6 Å². The van der Waals surface area contributed by atoms with Gasteiger partial charge in [0.2, 0.25) is 0 Å². The number of benzene rings is 2. The minimum Gasteiger partial charge on any atom is -0.508 e. The average molecular weight is 277 g/mol. The van der Waals surface area contributed by atoms with Crippen molar-refractivity contribution in [2.75, 3.05) is 0 Å². The molecule has 98 valence electrons. The van der Waals surface area contributed by atoms with E-state index in [1.54, 1.807) is 48.5 Å². The molecule has 3 nitrogen and oxygen atoms in total. The Morgan fingerprint density at radius 1 is 1.16 bits per heavy atom. The van der Waals surface area contributed by atoms with Crippen LogP contribution in [0.2, 0.25) is 5.02 Å². The molecule has 0 saturated carbocycles. The van der Waals surface area contributed by atoms with Crippen molar-refractivity contribution in [2.24, 2.45) is 0 Å². The third-order valence-corrected chi connectivity index (χ3v) is 3.16. The fourth-order valence-electron chi connectivity index (χ4n) is 1.94. The van der Waals surface area contributed by atoms with E-state index in [2.05, 4.69) is 0 Å². The van der Waals surface area contributed by atoms with Crippen LogP contribution in [-0.4, -0.2) is 16.2 Å². The number of halogens is 1. The summed E-state index contributed by atoms with van der Waals surface area (Å²) in [4.78, 5) is 11.4. The molecule has 0 spiro atoms. The molecule has 4 heteroatoms. The fourth-order valence-corrected chi connectivity index (χ4v) is 2.14. The Hall–Kier alpha value is -2.00. The summed E-state index contributed by atoms with van der Waals surface area (Å²) in [5.74, 6) is -1.38. The lowest BCUT2D eigenvalue weighted by molar-refractivity contribution is -0.138. The molecule has 2 aromatic carbocycles. The SMILES string of the molecule is O=C(O)C(Cc1ccc(O)cc1)c1cccc(Cl)c1. The zero-order chi connectivity index (χ0) is 13.8. The van der Waals surface area contributed by atoms with Crippen LogP contribution in [-0.2, 0) is 11.2 Å². The summed E-state index contributed by atoms with van der Waals surface area (Å²) in [7, 11) is 0. The Morgan fingerprint density at radius 2 is 1.84 bits per heavy atom. The normalized spacial score (nSPS) is 12.1. The van der Waals surface area contributed by atoms with Gasteiger partial charge in [-0.15, -0.1) is 0 Å². The van der Waals surface area contributed by atoms with Crippen molar-refractivity contribution in [3.8, 4) is 5.75 Å². The molecule has 0 bridgehead atoms. The van der Waals surface area contributed by atoms with Crippen molar-refractivity contribution in [1.82, 2.24) is 0 Å². The highest BCUT2D eigenvalue weighted by Crippen LogP contribution is 2.24. The lowest BCUT2D eigenvalue weighted by Gasteiger charge is -2.13. The monoisotopic (exact) mass is 276 g/mol. The third-order valence-electron chi connectivity index (χ3n) is 2.93. The van der Waals surface area contributed by atoms with Crippen LogP contribution in [0.25, 0.3) is 0 Å². The van der Waals surface area contributed by atoms with E-state index in [4.69, 9.17) is 11.6 Å². The van der Waals surface area contributed by atoms with Gasteiger partial charge in [0.25, 0.3) is 0 Å². The number of aliphatic carboxylic acids is 1. The highest BCUT2D eigenvalue weighted by atomic mass is 35.5. The van der Waals surface area contributed by atoms with Crippen LogP contribution in [0, 0.1) is 0 Å². The van der Waals surface area contributed by atoms with Gasteiger partial charge < -0.3 is 10.2 Å². The molecule has 2 rings (SSSR count). The first-order chi connectivity index (χ1) is 9.06. The molecule has 2 N–H and O–H groups in total. The van der Waals surface area contributed by atoms with Crippen LogP contribution >= 0.6 is 11.6 Å². The summed E-state index contributed by atoms with van der Waals surface area (Å²) < 4.78 is 0. The molecule has 0 amide bonds. The quantitative estimate of drug-likeness (QED) is 0.899. The fraction of sp³-hybridized carbons (Fsp3) is 0.133. The van der Waals surface area contributed by atoms with Crippen LogP contribution < -0.4 is 0 Å². The highest BCUT2D eigenvalue weighted by Gasteiger charge is 2.20. The zero-order valence-electron chi connectivity index (χ0n) is 10.1. The maximum atomic E-state index is 11.4. The number of carboxylic acid groups (broad SMARTS) is 1. The van der Waals surface area contributed by atoms with Gasteiger partial charge in [-0.05, 0) is 41.8 Å². The van der Waals surface area contributed by atoms with Crippen LogP contribution in [0.4, 0.5) is 0 Å². The number of carbonyl (C=O) groups is 1. The van der Waals surface area contributed by atoms with Crippen molar-refractivity contribution in [3.63, 3.8) is 0 Å². The molecule has 0 fully saturated rings. The minimum atomic E-state index is -0.893. The smallest absolute Gasteiger partial charge is 0.311 e. The van der Waals surface area contributed by atoms with Gasteiger partial charge in [-0.3, -0.25) is 4.79 Å². The van der Waals surface area contributed by atoms with E-state index in [9.17, 15) is 15.0 Å². The largest absolute Gasteiger partial charge is 0.508 e. The molecule has 1 atom stereocenters. The maximum Gasteiger partial charge on any atom is 0.311 e. The third kappa shape index (κ3) is 3.48. The number of phenolic OH excluding ortho intramolecular Hbond substituents is 1. The predicted molar refractivity (Wildman–Crippen MR) is 73.6 cm³/mol. The molecule has 2 aromatic rings. The van der Waals surface area contributed by atoms with Gasteiger partial charge in [0.05, 0.1) is 5.92 Å². The molecular weight excluding hydrogens is 264 g/mol. The summed E-state index contributed by atoms with van der Waals surface area (Å²) in [6.45, 7) is 0. The van der Waals surface area contributed by atoms with E-state index in [1.165, 1.54) is 0 Å². The van der Waals surface area contributed by atoms with Gasteiger partial charge in [0.1, 0.15) is 5.75 Å². The first kappa shape index (κ1) is 13.4. The van der Waals surface area contributed by atoms with Gasteiger partial charge in [-0.2, -0.15) is 0 Å². The molecule has 0 aliphatic carbocycles. The second-order valence-electron chi connectivity index (χ2n) is 4.32. The van der Waals surface area contributed by atoms with Gasteiger partial charge in [-0.25, -0.2) is 0 Å². The Morgan fingerprint density at radius 3 is 2.42 bits per heavy atom. The van der Waals surface area contributed by atoms with Gasteiger partial charge in [-0.1, -0.05) is 35.9 Å². The molecule has 0 aliphatic heterocycles. The Labute approximate surface area is 116 Å². The van der Waals surface area contributed by atoms with E-state index < -0.39 is 11.9 Å². The first-order valence-corrected chi connectivity index (χ1v) is 6.20.